The molecule has 0 spiro atoms. The van der Waals surface area contributed by atoms with Gasteiger partial charge < -0.3 is 5.32 Å². The van der Waals surface area contributed by atoms with Gasteiger partial charge in [-0.1, -0.05) is 6.07 Å². The summed E-state index contributed by atoms with van der Waals surface area (Å²) in [5.41, 5.74) is 0.207. The van der Waals surface area contributed by atoms with Gasteiger partial charge in [0, 0.05) is 18.7 Å². The molecule has 0 amide bonds. The predicted octanol–water partition coefficient (Wildman–Crippen LogP) is 4.62. The molecule has 0 fully saturated rings. The largest absolute Gasteiger partial charge is 0.376 e. The summed E-state index contributed by atoms with van der Waals surface area (Å²) >= 11 is 3.01. The van der Waals surface area contributed by atoms with Gasteiger partial charge in [0.25, 0.3) is 0 Å². The highest BCUT2D eigenvalue weighted by Crippen LogP contribution is 2.22. The van der Waals surface area contributed by atoms with E-state index < -0.39 is 29.0 Å². The van der Waals surface area contributed by atoms with Crippen LogP contribution in [0.5, 0.6) is 0 Å². The van der Waals surface area contributed by atoms with E-state index in [1.54, 1.807) is 0 Å². The van der Waals surface area contributed by atoms with Crippen molar-refractivity contribution in [3.8, 4) is 0 Å². The van der Waals surface area contributed by atoms with Crippen molar-refractivity contribution in [2.24, 2.45) is 0 Å². The molecule has 2 rings (SSSR count). The third-order valence-electron chi connectivity index (χ3n) is 2.46. The van der Waals surface area contributed by atoms with Gasteiger partial charge in [0.1, 0.15) is 17.3 Å². The first-order valence-corrected chi connectivity index (χ1v) is 6.09. The Kier molecular flexibility index (Phi) is 4.09. The Bertz CT molecular complexity index is 593. The Morgan fingerprint density at radius 2 is 1.53 bits per heavy atom. The third kappa shape index (κ3) is 3.26. The summed E-state index contributed by atoms with van der Waals surface area (Å²) in [4.78, 5) is 0. The monoisotopic (exact) mass is 333 g/mol. The van der Waals surface area contributed by atoms with Crippen LogP contribution in [0.4, 0.5) is 23.2 Å². The van der Waals surface area contributed by atoms with Crippen LogP contribution in [0.3, 0.4) is 0 Å². The second kappa shape index (κ2) is 5.61. The lowest BCUT2D eigenvalue weighted by Gasteiger charge is -2.09. The molecule has 0 saturated heterocycles. The molecule has 0 aromatic heterocycles. The van der Waals surface area contributed by atoms with Gasteiger partial charge in [0.15, 0.2) is 11.6 Å². The lowest BCUT2D eigenvalue weighted by Crippen LogP contribution is -2.04. The zero-order chi connectivity index (χ0) is 14.0. The van der Waals surface area contributed by atoms with Crippen molar-refractivity contribution in [3.63, 3.8) is 0 Å². The zero-order valence-corrected chi connectivity index (χ0v) is 11.1. The van der Waals surface area contributed by atoms with E-state index in [1.165, 1.54) is 18.2 Å². The molecule has 0 heterocycles. The van der Waals surface area contributed by atoms with E-state index in [0.717, 1.165) is 0 Å². The highest BCUT2D eigenvalue weighted by Gasteiger charge is 2.11. The molecule has 0 unspecified atom stereocenters. The fraction of sp³-hybridized carbons (Fsp3) is 0.0769. The molecule has 0 aliphatic rings. The Labute approximate surface area is 115 Å². The first kappa shape index (κ1) is 13.9. The van der Waals surface area contributed by atoms with Crippen molar-refractivity contribution >= 4 is 21.6 Å². The molecule has 1 N–H and O–H groups in total. The number of benzene rings is 2. The summed E-state index contributed by atoms with van der Waals surface area (Å²) in [5, 5.41) is 2.51. The van der Waals surface area contributed by atoms with E-state index in [2.05, 4.69) is 21.2 Å². The van der Waals surface area contributed by atoms with Crippen molar-refractivity contribution in [1.29, 1.82) is 0 Å². The zero-order valence-electron chi connectivity index (χ0n) is 9.48. The molecule has 1 nitrogen and oxygen atoms in total. The molecule has 0 saturated carbocycles. The van der Waals surface area contributed by atoms with Crippen LogP contribution in [0.2, 0.25) is 0 Å². The van der Waals surface area contributed by atoms with Crippen LogP contribution in [0.15, 0.2) is 34.8 Å². The molecule has 2 aromatic rings. The average molecular weight is 334 g/mol. The van der Waals surface area contributed by atoms with Crippen LogP contribution >= 0.6 is 15.9 Å². The summed E-state index contributed by atoms with van der Waals surface area (Å²) in [6, 6.07) is 5.38. The summed E-state index contributed by atoms with van der Waals surface area (Å²) < 4.78 is 52.7. The van der Waals surface area contributed by atoms with Crippen molar-refractivity contribution in [2.45, 2.75) is 6.54 Å². The van der Waals surface area contributed by atoms with Crippen LogP contribution in [-0.4, -0.2) is 0 Å². The number of anilines is 1. The molecular weight excluding hydrogens is 326 g/mol. The predicted molar refractivity (Wildman–Crippen MR) is 67.7 cm³/mol. The van der Waals surface area contributed by atoms with E-state index in [1.807, 2.05) is 0 Å². The first-order valence-electron chi connectivity index (χ1n) is 5.29. The van der Waals surface area contributed by atoms with E-state index >= 15 is 0 Å². The van der Waals surface area contributed by atoms with E-state index in [0.29, 0.717) is 17.7 Å². The van der Waals surface area contributed by atoms with Crippen LogP contribution in [0.1, 0.15) is 5.56 Å². The minimum absolute atomic E-state index is 0.0817. The lowest BCUT2D eigenvalue weighted by molar-refractivity contribution is 0.547. The standard InChI is InChI=1S/C13H8BrF4N/c14-9-3-7(1-2-10(9)16)6-19-13-11(17)4-8(15)5-12(13)18/h1-5,19H,6H2. The van der Waals surface area contributed by atoms with Gasteiger partial charge in [-0.05, 0) is 33.6 Å². The van der Waals surface area contributed by atoms with Crippen molar-refractivity contribution < 1.29 is 17.6 Å². The van der Waals surface area contributed by atoms with Gasteiger partial charge in [-0.15, -0.1) is 0 Å². The summed E-state index contributed by atoms with van der Waals surface area (Å²) in [6.45, 7) is 0.0817. The fourth-order valence-corrected chi connectivity index (χ4v) is 1.98. The van der Waals surface area contributed by atoms with Crippen molar-refractivity contribution in [1.82, 2.24) is 0 Å². The topological polar surface area (TPSA) is 12.0 Å². The van der Waals surface area contributed by atoms with Gasteiger partial charge in [-0.3, -0.25) is 0 Å². The number of nitrogens with one attached hydrogen (secondary N) is 1. The van der Waals surface area contributed by atoms with Crippen LogP contribution in [0, 0.1) is 23.3 Å². The first-order chi connectivity index (χ1) is 8.97. The molecule has 2 aromatic carbocycles. The molecule has 100 valence electrons. The van der Waals surface area contributed by atoms with Gasteiger partial charge in [0.05, 0.1) is 4.47 Å². The molecule has 0 aliphatic heterocycles. The second-order valence-electron chi connectivity index (χ2n) is 3.85. The summed E-state index contributed by atoms with van der Waals surface area (Å²) in [5.74, 6) is -3.44. The van der Waals surface area contributed by atoms with Crippen LogP contribution in [0.25, 0.3) is 0 Å². The lowest BCUT2D eigenvalue weighted by atomic mass is 10.2. The Morgan fingerprint density at radius 3 is 2.11 bits per heavy atom. The fourth-order valence-electron chi connectivity index (χ4n) is 1.55. The van der Waals surface area contributed by atoms with E-state index in [-0.39, 0.29) is 11.0 Å². The van der Waals surface area contributed by atoms with Gasteiger partial charge in [-0.2, -0.15) is 0 Å². The Balaban J connectivity index is 2.16. The molecule has 0 radical (unpaired) electrons. The maximum Gasteiger partial charge on any atom is 0.152 e. The summed E-state index contributed by atoms with van der Waals surface area (Å²) in [6.07, 6.45) is 0. The van der Waals surface area contributed by atoms with Gasteiger partial charge in [-0.25, -0.2) is 17.6 Å². The number of rotatable bonds is 3. The molecule has 0 atom stereocenters. The van der Waals surface area contributed by atoms with Crippen LogP contribution in [-0.2, 0) is 6.54 Å². The number of hydrogen-bond acceptors (Lipinski definition) is 1. The van der Waals surface area contributed by atoms with Crippen LogP contribution < -0.4 is 5.32 Å². The highest BCUT2D eigenvalue weighted by atomic mass is 79.9. The van der Waals surface area contributed by atoms with Gasteiger partial charge >= 0.3 is 0 Å². The van der Waals surface area contributed by atoms with E-state index in [9.17, 15) is 17.6 Å². The van der Waals surface area contributed by atoms with Crippen molar-refractivity contribution in [2.75, 3.05) is 5.32 Å². The number of hydrogen-bond donors (Lipinski definition) is 1. The molecule has 0 bridgehead atoms. The molecular formula is C13H8BrF4N. The summed E-state index contributed by atoms with van der Waals surface area (Å²) in [7, 11) is 0. The Hall–Kier alpha value is -1.56. The van der Waals surface area contributed by atoms with Gasteiger partial charge in [0.2, 0.25) is 0 Å². The molecule has 19 heavy (non-hydrogen) atoms. The minimum atomic E-state index is -1.02. The second-order valence-corrected chi connectivity index (χ2v) is 4.70. The quantitative estimate of drug-likeness (QED) is 0.808. The number of halogens is 5. The smallest absolute Gasteiger partial charge is 0.152 e. The van der Waals surface area contributed by atoms with Crippen molar-refractivity contribution in [3.05, 3.63) is 63.6 Å². The Morgan fingerprint density at radius 1 is 0.895 bits per heavy atom. The van der Waals surface area contributed by atoms with E-state index in [4.69, 9.17) is 0 Å². The maximum atomic E-state index is 13.3. The average Bonchev–Trinajstić information content (AvgIpc) is 2.32. The normalized spacial score (nSPS) is 10.6. The minimum Gasteiger partial charge on any atom is -0.376 e. The highest BCUT2D eigenvalue weighted by molar-refractivity contribution is 9.10. The third-order valence-corrected chi connectivity index (χ3v) is 3.07. The maximum absolute atomic E-state index is 13.3. The SMILES string of the molecule is Fc1cc(F)c(NCc2ccc(F)c(Br)c2)c(F)c1. The molecule has 6 heteroatoms. The molecule has 0 aliphatic carbocycles.